The quantitative estimate of drug-likeness (QED) is 0.840. The van der Waals surface area contributed by atoms with Crippen LogP contribution < -0.4 is 5.73 Å². The van der Waals surface area contributed by atoms with Crippen LogP contribution in [0.5, 0.6) is 0 Å². The van der Waals surface area contributed by atoms with Crippen LogP contribution in [0.3, 0.4) is 0 Å². The lowest BCUT2D eigenvalue weighted by Crippen LogP contribution is -2.09. The fourth-order valence-corrected chi connectivity index (χ4v) is 2.09. The molecule has 1 aromatic carbocycles. The van der Waals surface area contributed by atoms with E-state index in [0.29, 0.717) is 10.6 Å². The minimum Gasteiger partial charge on any atom is -0.330 e. The summed E-state index contributed by atoms with van der Waals surface area (Å²) in [5, 5.41) is 0.936. The molecule has 0 aliphatic rings. The van der Waals surface area contributed by atoms with Gasteiger partial charge in [-0.05, 0) is 18.7 Å². The molecule has 0 aromatic heterocycles. The number of halogens is 3. The van der Waals surface area contributed by atoms with Crippen LogP contribution in [0, 0.1) is 0 Å². The van der Waals surface area contributed by atoms with Crippen LogP contribution in [-0.2, 0) is 0 Å². The number of hydrogen-bond donors (Lipinski definition) is 1. The SMILES string of the molecule is NCCC(=O)c1c(Cl)cc(Cl)cc1Cl. The normalized spacial score (nSPS) is 10.3. The molecule has 0 saturated carbocycles. The van der Waals surface area contributed by atoms with E-state index in [0.717, 1.165) is 0 Å². The standard InChI is InChI=1S/C9H8Cl3NO/c10-5-3-6(11)9(7(12)4-5)8(14)1-2-13/h3-4H,1-2,13H2. The fraction of sp³-hybridized carbons (Fsp3) is 0.222. The Morgan fingerprint density at radius 1 is 1.21 bits per heavy atom. The van der Waals surface area contributed by atoms with Crippen LogP contribution in [0.4, 0.5) is 0 Å². The molecular weight excluding hydrogens is 244 g/mol. The molecule has 1 rings (SSSR count). The first-order valence-corrected chi connectivity index (χ1v) is 5.07. The van der Waals surface area contributed by atoms with Gasteiger partial charge in [0.2, 0.25) is 0 Å². The van der Waals surface area contributed by atoms with Crippen LogP contribution in [0.15, 0.2) is 12.1 Å². The smallest absolute Gasteiger partial charge is 0.167 e. The molecule has 2 N–H and O–H groups in total. The Hall–Kier alpha value is -0.280. The van der Waals surface area contributed by atoms with Crippen molar-refractivity contribution < 1.29 is 4.79 Å². The van der Waals surface area contributed by atoms with Gasteiger partial charge in [0.05, 0.1) is 15.6 Å². The van der Waals surface area contributed by atoms with Crippen molar-refractivity contribution in [2.45, 2.75) is 6.42 Å². The summed E-state index contributed by atoms with van der Waals surface area (Å²) in [5.41, 5.74) is 5.56. The van der Waals surface area contributed by atoms with Crippen molar-refractivity contribution in [2.75, 3.05) is 6.54 Å². The van der Waals surface area contributed by atoms with Gasteiger partial charge in [-0.1, -0.05) is 34.8 Å². The molecule has 5 heteroatoms. The van der Waals surface area contributed by atoms with Gasteiger partial charge in [0.1, 0.15) is 0 Å². The van der Waals surface area contributed by atoms with E-state index in [9.17, 15) is 4.79 Å². The Labute approximate surface area is 96.9 Å². The monoisotopic (exact) mass is 251 g/mol. The molecule has 0 spiro atoms. The van der Waals surface area contributed by atoms with E-state index in [1.807, 2.05) is 0 Å². The number of nitrogens with two attached hydrogens (primary N) is 1. The van der Waals surface area contributed by atoms with Gasteiger partial charge in [-0.15, -0.1) is 0 Å². The van der Waals surface area contributed by atoms with Crippen molar-refractivity contribution in [1.29, 1.82) is 0 Å². The topological polar surface area (TPSA) is 43.1 Å². The van der Waals surface area contributed by atoms with Gasteiger partial charge < -0.3 is 5.73 Å². The third-order valence-corrected chi connectivity index (χ3v) is 2.47. The van der Waals surface area contributed by atoms with Crippen LogP contribution in [-0.4, -0.2) is 12.3 Å². The number of hydrogen-bond acceptors (Lipinski definition) is 2. The highest BCUT2D eigenvalue weighted by molar-refractivity contribution is 6.42. The van der Waals surface area contributed by atoms with Crippen LogP contribution >= 0.6 is 34.8 Å². The molecule has 0 bridgehead atoms. The molecule has 1 aromatic rings. The van der Waals surface area contributed by atoms with E-state index in [-0.39, 0.29) is 28.8 Å². The molecule has 0 saturated heterocycles. The number of rotatable bonds is 3. The van der Waals surface area contributed by atoms with Crippen molar-refractivity contribution in [2.24, 2.45) is 5.73 Å². The van der Waals surface area contributed by atoms with Crippen LogP contribution in [0.2, 0.25) is 15.1 Å². The van der Waals surface area contributed by atoms with E-state index in [1.165, 1.54) is 12.1 Å². The first-order valence-electron chi connectivity index (χ1n) is 3.94. The third kappa shape index (κ3) is 2.61. The average molecular weight is 253 g/mol. The fourth-order valence-electron chi connectivity index (χ4n) is 1.06. The zero-order valence-electron chi connectivity index (χ0n) is 7.19. The lowest BCUT2D eigenvalue weighted by atomic mass is 10.1. The summed E-state index contributed by atoms with van der Waals surface area (Å²) in [7, 11) is 0. The molecule has 0 atom stereocenters. The molecule has 2 nitrogen and oxygen atoms in total. The Morgan fingerprint density at radius 3 is 2.14 bits per heavy atom. The van der Waals surface area contributed by atoms with E-state index in [4.69, 9.17) is 40.5 Å². The minimum atomic E-state index is -0.167. The molecule has 0 unspecified atom stereocenters. The second kappa shape index (κ2) is 4.99. The largest absolute Gasteiger partial charge is 0.330 e. The van der Waals surface area contributed by atoms with E-state index >= 15 is 0 Å². The van der Waals surface area contributed by atoms with Gasteiger partial charge in [0.15, 0.2) is 5.78 Å². The number of carbonyl (C=O) groups is 1. The highest BCUT2D eigenvalue weighted by Gasteiger charge is 2.14. The molecule has 0 aliphatic carbocycles. The predicted molar refractivity (Wildman–Crippen MR) is 59.5 cm³/mol. The second-order valence-corrected chi connectivity index (χ2v) is 3.96. The summed E-state index contributed by atoms with van der Waals surface area (Å²) in [6.45, 7) is 0.272. The highest BCUT2D eigenvalue weighted by atomic mass is 35.5. The van der Waals surface area contributed by atoms with Gasteiger partial charge in [-0.2, -0.15) is 0 Å². The number of benzene rings is 1. The molecule has 0 aliphatic heterocycles. The summed E-state index contributed by atoms with van der Waals surface area (Å²) in [5.74, 6) is -0.167. The first-order chi connectivity index (χ1) is 6.56. The average Bonchev–Trinajstić information content (AvgIpc) is 2.01. The van der Waals surface area contributed by atoms with Crippen LogP contribution in [0.1, 0.15) is 16.8 Å². The Kier molecular flexibility index (Phi) is 4.20. The molecule has 76 valence electrons. The lowest BCUT2D eigenvalue weighted by molar-refractivity contribution is 0.0986. The summed E-state index contributed by atoms with van der Waals surface area (Å²) >= 11 is 17.4. The number of carbonyl (C=O) groups excluding carboxylic acids is 1. The van der Waals surface area contributed by atoms with Gasteiger partial charge in [0.25, 0.3) is 0 Å². The van der Waals surface area contributed by atoms with Gasteiger partial charge in [-0.3, -0.25) is 4.79 Å². The Morgan fingerprint density at radius 2 is 1.71 bits per heavy atom. The zero-order chi connectivity index (χ0) is 10.7. The van der Waals surface area contributed by atoms with Gasteiger partial charge in [-0.25, -0.2) is 0 Å². The second-order valence-electron chi connectivity index (χ2n) is 2.71. The maximum absolute atomic E-state index is 11.5. The van der Waals surface area contributed by atoms with Crippen molar-refractivity contribution in [1.82, 2.24) is 0 Å². The van der Waals surface area contributed by atoms with Gasteiger partial charge in [0, 0.05) is 11.4 Å². The maximum atomic E-state index is 11.5. The summed E-state index contributed by atoms with van der Waals surface area (Å²) < 4.78 is 0. The maximum Gasteiger partial charge on any atom is 0.167 e. The first kappa shape index (κ1) is 11.8. The number of Topliss-reactive ketones (excluding diaryl/α,β-unsaturated/α-hetero) is 1. The Bertz CT molecular complexity index is 342. The highest BCUT2D eigenvalue weighted by Crippen LogP contribution is 2.29. The minimum absolute atomic E-state index is 0.167. The predicted octanol–water partition coefficient (Wildman–Crippen LogP) is 3.18. The molecule has 0 fully saturated rings. The van der Waals surface area contributed by atoms with Gasteiger partial charge >= 0.3 is 0 Å². The summed E-state index contributed by atoms with van der Waals surface area (Å²) in [6, 6.07) is 2.97. The molecule has 0 heterocycles. The third-order valence-electron chi connectivity index (χ3n) is 1.66. The van der Waals surface area contributed by atoms with Crippen molar-refractivity contribution in [3.05, 3.63) is 32.8 Å². The van der Waals surface area contributed by atoms with Crippen molar-refractivity contribution in [3.8, 4) is 0 Å². The van der Waals surface area contributed by atoms with E-state index in [1.54, 1.807) is 0 Å². The lowest BCUT2D eigenvalue weighted by Gasteiger charge is -2.05. The summed E-state index contributed by atoms with van der Waals surface area (Å²) in [4.78, 5) is 11.5. The summed E-state index contributed by atoms with van der Waals surface area (Å²) in [6.07, 6.45) is 0.223. The molecule has 0 radical (unpaired) electrons. The van der Waals surface area contributed by atoms with Crippen molar-refractivity contribution in [3.63, 3.8) is 0 Å². The van der Waals surface area contributed by atoms with Crippen LogP contribution in [0.25, 0.3) is 0 Å². The van der Waals surface area contributed by atoms with Crippen molar-refractivity contribution >= 4 is 40.6 Å². The van der Waals surface area contributed by atoms with E-state index in [2.05, 4.69) is 0 Å². The zero-order valence-corrected chi connectivity index (χ0v) is 9.46. The molecular formula is C9H8Cl3NO. The Balaban J connectivity index is 3.14. The molecule has 0 amide bonds. The molecule has 14 heavy (non-hydrogen) atoms. The van der Waals surface area contributed by atoms with E-state index < -0.39 is 0 Å². The number of ketones is 1.